The molecule has 0 fully saturated rings. The predicted octanol–water partition coefficient (Wildman–Crippen LogP) is 2.74. The molecule has 0 spiro atoms. The van der Waals surface area contributed by atoms with E-state index in [0.717, 1.165) is 0 Å². The Balaban J connectivity index is 4.18. The molecule has 0 heterocycles. The van der Waals surface area contributed by atoms with Crippen LogP contribution in [0.15, 0.2) is 0 Å². The lowest BCUT2D eigenvalue weighted by molar-refractivity contribution is -0.127. The lowest BCUT2D eigenvalue weighted by atomic mass is 9.96. The largest absolute Gasteiger partial charge is 0.295 e. The van der Waals surface area contributed by atoms with Gasteiger partial charge in [0.05, 0.1) is 6.42 Å². The van der Waals surface area contributed by atoms with Gasteiger partial charge in [-0.3, -0.25) is 4.79 Å². The molecular formula is C11H17FO. The minimum Gasteiger partial charge on any atom is -0.295 e. The van der Waals surface area contributed by atoms with Gasteiger partial charge in [0.15, 0.2) is 11.5 Å². The summed E-state index contributed by atoms with van der Waals surface area (Å²) in [7, 11) is 0. The number of alkyl halides is 1. The fourth-order valence-corrected chi connectivity index (χ4v) is 0.600. The van der Waals surface area contributed by atoms with E-state index in [0.29, 0.717) is 0 Å². The first kappa shape index (κ1) is 12.2. The fraction of sp³-hybridized carbons (Fsp3) is 0.727. The average Bonchev–Trinajstić information content (AvgIpc) is 1.82. The number of ketones is 1. The highest BCUT2D eigenvalue weighted by Crippen LogP contribution is 2.13. The smallest absolute Gasteiger partial charge is 0.181 e. The molecule has 0 bridgehead atoms. The first-order chi connectivity index (χ1) is 5.63. The molecule has 0 radical (unpaired) electrons. The highest BCUT2D eigenvalue weighted by atomic mass is 19.1. The zero-order valence-electron chi connectivity index (χ0n) is 8.99. The van der Waals surface area contributed by atoms with Gasteiger partial charge in [-0.25, -0.2) is 4.39 Å². The Hall–Kier alpha value is -0.840. The van der Waals surface area contributed by atoms with Gasteiger partial charge in [0.2, 0.25) is 0 Å². The Kier molecular flexibility index (Phi) is 3.66. The molecule has 1 nitrogen and oxygen atoms in total. The van der Waals surface area contributed by atoms with E-state index in [2.05, 4.69) is 11.8 Å². The number of hydrogen-bond donors (Lipinski definition) is 0. The molecule has 0 amide bonds. The van der Waals surface area contributed by atoms with Crippen molar-refractivity contribution < 1.29 is 9.18 Å². The van der Waals surface area contributed by atoms with Crippen LogP contribution in [0.3, 0.4) is 0 Å². The van der Waals surface area contributed by atoms with Crippen LogP contribution in [-0.4, -0.2) is 11.5 Å². The van der Waals surface area contributed by atoms with E-state index < -0.39 is 11.5 Å². The fourth-order valence-electron chi connectivity index (χ4n) is 0.600. The Morgan fingerprint density at radius 1 is 1.23 bits per heavy atom. The second-order valence-corrected chi connectivity index (χ2v) is 4.62. The summed E-state index contributed by atoms with van der Waals surface area (Å²) in [5, 5.41) is 0. The number of halogens is 1. The maximum atomic E-state index is 13.0. The van der Waals surface area contributed by atoms with Crippen molar-refractivity contribution in [3.05, 3.63) is 0 Å². The maximum absolute atomic E-state index is 13.0. The Labute approximate surface area is 79.7 Å². The molecule has 0 atom stereocenters. The SMILES string of the molecule is CC(C)(C)C#CCC(=O)C(C)(C)F. The van der Waals surface area contributed by atoms with Crippen LogP contribution < -0.4 is 0 Å². The molecule has 74 valence electrons. The van der Waals surface area contributed by atoms with E-state index in [1.165, 1.54) is 13.8 Å². The van der Waals surface area contributed by atoms with Crippen LogP contribution in [0.2, 0.25) is 0 Å². The summed E-state index contributed by atoms with van der Waals surface area (Å²) in [6.45, 7) is 8.36. The second kappa shape index (κ2) is 3.91. The van der Waals surface area contributed by atoms with E-state index in [1.54, 1.807) is 0 Å². The lowest BCUT2D eigenvalue weighted by Gasteiger charge is -2.10. The van der Waals surface area contributed by atoms with Gasteiger partial charge in [0, 0.05) is 5.41 Å². The second-order valence-electron chi connectivity index (χ2n) is 4.62. The Morgan fingerprint density at radius 3 is 2.00 bits per heavy atom. The van der Waals surface area contributed by atoms with Crippen molar-refractivity contribution in [3.8, 4) is 11.8 Å². The topological polar surface area (TPSA) is 17.1 Å². The molecule has 0 saturated carbocycles. The van der Waals surface area contributed by atoms with Crippen molar-refractivity contribution in [2.24, 2.45) is 5.41 Å². The van der Waals surface area contributed by atoms with Gasteiger partial charge in [-0.05, 0) is 34.6 Å². The van der Waals surface area contributed by atoms with Gasteiger partial charge in [0.1, 0.15) is 0 Å². The number of hydrogen-bond acceptors (Lipinski definition) is 1. The lowest BCUT2D eigenvalue weighted by Crippen LogP contribution is -2.25. The molecule has 0 N–H and O–H groups in total. The van der Waals surface area contributed by atoms with Crippen molar-refractivity contribution in [2.45, 2.75) is 46.7 Å². The third-order valence-electron chi connectivity index (χ3n) is 1.38. The number of rotatable bonds is 2. The molecular weight excluding hydrogens is 167 g/mol. The number of carbonyl (C=O) groups excluding carboxylic acids is 1. The standard InChI is InChI=1S/C11H17FO/c1-10(2,3)8-6-7-9(13)11(4,5)12/h7H2,1-5H3. The molecule has 0 aliphatic rings. The summed E-state index contributed by atoms with van der Waals surface area (Å²) in [4.78, 5) is 11.1. The van der Waals surface area contributed by atoms with E-state index in [1.807, 2.05) is 20.8 Å². The number of Topliss-reactive ketones (excluding diaryl/α,β-unsaturated/α-hetero) is 1. The zero-order chi connectivity index (χ0) is 10.7. The Morgan fingerprint density at radius 2 is 1.69 bits per heavy atom. The van der Waals surface area contributed by atoms with Gasteiger partial charge in [0.25, 0.3) is 0 Å². The average molecular weight is 184 g/mol. The van der Waals surface area contributed by atoms with Crippen molar-refractivity contribution >= 4 is 5.78 Å². The monoisotopic (exact) mass is 184 g/mol. The first-order valence-electron chi connectivity index (χ1n) is 4.35. The van der Waals surface area contributed by atoms with Crippen molar-refractivity contribution in [2.75, 3.05) is 0 Å². The van der Waals surface area contributed by atoms with Crippen LogP contribution in [-0.2, 0) is 4.79 Å². The summed E-state index contributed by atoms with van der Waals surface area (Å²) in [6.07, 6.45) is 0.000764. The minimum atomic E-state index is -1.76. The van der Waals surface area contributed by atoms with Crippen LogP contribution in [0, 0.1) is 17.3 Å². The molecule has 0 aromatic carbocycles. The summed E-state index contributed by atoms with van der Waals surface area (Å²) in [5.74, 6) is 5.13. The highest BCUT2D eigenvalue weighted by molar-refractivity contribution is 5.88. The summed E-state index contributed by atoms with van der Waals surface area (Å²) in [6, 6.07) is 0. The van der Waals surface area contributed by atoms with Gasteiger partial charge in [-0.2, -0.15) is 0 Å². The van der Waals surface area contributed by atoms with Crippen LogP contribution in [0.1, 0.15) is 41.0 Å². The molecule has 0 aliphatic heterocycles. The van der Waals surface area contributed by atoms with Crippen LogP contribution in [0.5, 0.6) is 0 Å². The Bertz CT molecular complexity index is 242. The van der Waals surface area contributed by atoms with Crippen LogP contribution >= 0.6 is 0 Å². The molecule has 0 aromatic heterocycles. The molecule has 0 unspecified atom stereocenters. The summed E-state index contributed by atoms with van der Waals surface area (Å²) >= 11 is 0. The van der Waals surface area contributed by atoms with Gasteiger partial charge in [-0.15, -0.1) is 0 Å². The molecule has 0 aliphatic carbocycles. The molecule has 0 aromatic rings. The van der Waals surface area contributed by atoms with Gasteiger partial charge in [-0.1, -0.05) is 11.8 Å². The first-order valence-corrected chi connectivity index (χ1v) is 4.35. The summed E-state index contributed by atoms with van der Waals surface area (Å²) < 4.78 is 13.0. The quantitative estimate of drug-likeness (QED) is 0.603. The predicted molar refractivity (Wildman–Crippen MR) is 52.0 cm³/mol. The summed E-state index contributed by atoms with van der Waals surface area (Å²) in [5.41, 5.74) is -1.88. The van der Waals surface area contributed by atoms with Crippen LogP contribution in [0.4, 0.5) is 4.39 Å². The van der Waals surface area contributed by atoms with Crippen molar-refractivity contribution in [1.29, 1.82) is 0 Å². The molecule has 0 rings (SSSR count). The van der Waals surface area contributed by atoms with Crippen molar-refractivity contribution in [3.63, 3.8) is 0 Å². The zero-order valence-corrected chi connectivity index (χ0v) is 8.99. The maximum Gasteiger partial charge on any atom is 0.181 e. The highest BCUT2D eigenvalue weighted by Gasteiger charge is 2.24. The minimum absolute atomic E-state index is 0.000764. The van der Waals surface area contributed by atoms with Crippen LogP contribution in [0.25, 0.3) is 0 Å². The third kappa shape index (κ3) is 6.33. The van der Waals surface area contributed by atoms with E-state index in [4.69, 9.17) is 0 Å². The molecule has 0 saturated heterocycles. The van der Waals surface area contributed by atoms with E-state index in [9.17, 15) is 9.18 Å². The molecule has 13 heavy (non-hydrogen) atoms. The molecule has 2 heteroatoms. The van der Waals surface area contributed by atoms with E-state index >= 15 is 0 Å². The van der Waals surface area contributed by atoms with E-state index in [-0.39, 0.29) is 11.8 Å². The number of carbonyl (C=O) groups is 1. The van der Waals surface area contributed by atoms with Gasteiger partial charge < -0.3 is 0 Å². The van der Waals surface area contributed by atoms with Gasteiger partial charge >= 0.3 is 0 Å². The normalized spacial score (nSPS) is 11.8. The third-order valence-corrected chi connectivity index (χ3v) is 1.38. The van der Waals surface area contributed by atoms with Crippen molar-refractivity contribution in [1.82, 2.24) is 0 Å².